The number of carboxylic acids is 1. The molecule has 0 amide bonds. The van der Waals surface area contributed by atoms with Gasteiger partial charge >= 0.3 is 12.1 Å². The van der Waals surface area contributed by atoms with Gasteiger partial charge in [0.25, 0.3) is 5.56 Å². The van der Waals surface area contributed by atoms with Crippen molar-refractivity contribution >= 4 is 29.8 Å². The van der Waals surface area contributed by atoms with Crippen LogP contribution in [0.1, 0.15) is 5.69 Å². The molecule has 1 aromatic carbocycles. The van der Waals surface area contributed by atoms with Crippen molar-refractivity contribution in [3.05, 3.63) is 61.7 Å². The Morgan fingerprint density at radius 3 is 2.50 bits per heavy atom. The first-order valence-corrected chi connectivity index (χ1v) is 8.65. The van der Waals surface area contributed by atoms with Crippen molar-refractivity contribution in [3.8, 4) is 11.4 Å². The van der Waals surface area contributed by atoms with Crippen LogP contribution in [0.2, 0.25) is 5.02 Å². The molecule has 0 aliphatic rings. The molecule has 30 heavy (non-hydrogen) atoms. The number of hydrogen-bond acceptors (Lipinski definition) is 5. The first-order valence-electron chi connectivity index (χ1n) is 7.86. The van der Waals surface area contributed by atoms with E-state index in [0.29, 0.717) is 9.13 Å². The molecule has 0 saturated carbocycles. The molecule has 13 heteroatoms. The zero-order valence-corrected chi connectivity index (χ0v) is 16.9. The highest BCUT2D eigenvalue weighted by molar-refractivity contribution is 7.71. The third-order valence-corrected chi connectivity index (χ3v) is 4.52. The summed E-state index contributed by atoms with van der Waals surface area (Å²) in [6.07, 6.45) is -4.12. The molecule has 0 saturated heterocycles. The molecule has 0 bridgehead atoms. The van der Waals surface area contributed by atoms with Crippen molar-refractivity contribution in [2.45, 2.75) is 6.18 Å². The van der Waals surface area contributed by atoms with E-state index in [4.69, 9.17) is 38.4 Å². The number of aliphatic carboxylic acids is 1. The molecule has 1 N–H and O–H groups in total. The van der Waals surface area contributed by atoms with Gasteiger partial charge in [-0.15, -0.1) is 0 Å². The summed E-state index contributed by atoms with van der Waals surface area (Å²) in [5.41, 5.74) is -3.03. The lowest BCUT2D eigenvalue weighted by Gasteiger charge is -2.17. The Kier molecular flexibility index (Phi) is 6.93. The second kappa shape index (κ2) is 8.88. The molecule has 2 aromatic rings. The van der Waals surface area contributed by atoms with Gasteiger partial charge in [0, 0.05) is 19.2 Å². The summed E-state index contributed by atoms with van der Waals surface area (Å²) >= 11 is 10.8. The maximum Gasteiger partial charge on any atom is 0.431 e. The second-order valence-corrected chi connectivity index (χ2v) is 6.49. The summed E-state index contributed by atoms with van der Waals surface area (Å²) in [4.78, 5) is 23.0. The minimum atomic E-state index is -4.85. The van der Waals surface area contributed by atoms with Crippen LogP contribution in [0.5, 0.6) is 5.75 Å². The first-order chi connectivity index (χ1) is 13.9. The van der Waals surface area contributed by atoms with Gasteiger partial charge in [0.05, 0.1) is 23.9 Å². The number of rotatable bonds is 6. The van der Waals surface area contributed by atoms with Gasteiger partial charge in [-0.05, 0) is 18.3 Å². The van der Waals surface area contributed by atoms with Gasteiger partial charge in [-0.1, -0.05) is 11.6 Å². The minimum Gasteiger partial charge on any atom is -0.497 e. The number of aromatic nitrogens is 2. The predicted molar refractivity (Wildman–Crippen MR) is 100 cm³/mol. The Balaban J connectivity index is 2.58. The van der Waals surface area contributed by atoms with Gasteiger partial charge in [0.1, 0.15) is 29.6 Å². The van der Waals surface area contributed by atoms with E-state index in [1.807, 2.05) is 0 Å². The van der Waals surface area contributed by atoms with Crippen LogP contribution in [-0.4, -0.2) is 33.9 Å². The Hall–Kier alpha value is -2.86. The van der Waals surface area contributed by atoms with E-state index in [1.54, 1.807) is 0 Å². The highest BCUT2D eigenvalue weighted by atomic mass is 35.5. The topological polar surface area (TPSA) is 82.7 Å². The minimum absolute atomic E-state index is 0.105. The van der Waals surface area contributed by atoms with E-state index in [2.05, 4.69) is 0 Å². The van der Waals surface area contributed by atoms with Crippen molar-refractivity contribution in [1.82, 2.24) is 9.13 Å². The molecule has 0 radical (unpaired) electrons. The molecule has 0 atom stereocenters. The van der Waals surface area contributed by atoms with Crippen LogP contribution in [0.25, 0.3) is 5.69 Å². The van der Waals surface area contributed by atoms with Crippen molar-refractivity contribution in [1.29, 1.82) is 0 Å². The van der Waals surface area contributed by atoms with Crippen LogP contribution in [0, 0.1) is 10.6 Å². The van der Waals surface area contributed by atoms with Gasteiger partial charge in [-0.2, -0.15) is 13.2 Å². The fourth-order valence-electron chi connectivity index (χ4n) is 2.37. The van der Waals surface area contributed by atoms with Crippen LogP contribution in [0.15, 0.2) is 34.8 Å². The molecule has 7 nitrogen and oxygen atoms in total. The number of benzene rings is 1. The fraction of sp³-hybridized carbons (Fsp3) is 0.235. The molecule has 0 fully saturated rings. The van der Waals surface area contributed by atoms with Crippen LogP contribution >= 0.6 is 23.8 Å². The number of hydrogen-bond donors (Lipinski definition) is 1. The van der Waals surface area contributed by atoms with Crippen molar-refractivity contribution in [3.63, 3.8) is 0 Å². The summed E-state index contributed by atoms with van der Waals surface area (Å²) in [6.45, 7) is -0.413. The summed E-state index contributed by atoms with van der Waals surface area (Å²) in [6, 6.07) is 2.01. The van der Waals surface area contributed by atoms with Gasteiger partial charge in [-0.3, -0.25) is 9.36 Å². The van der Waals surface area contributed by atoms with E-state index in [1.165, 1.54) is 7.11 Å². The molecule has 0 spiro atoms. The number of methoxy groups -OCH3 is 1. The number of nitrogens with zero attached hydrogens (tertiary/aromatic N) is 2. The molecule has 162 valence electrons. The highest BCUT2D eigenvalue weighted by Gasteiger charge is 2.34. The summed E-state index contributed by atoms with van der Waals surface area (Å²) < 4.78 is 64.2. The van der Waals surface area contributed by atoms with E-state index in [0.717, 1.165) is 25.3 Å². The van der Waals surface area contributed by atoms with Gasteiger partial charge in [0.2, 0.25) is 0 Å². The Labute approximate surface area is 176 Å². The molecule has 0 unspecified atom stereocenters. The smallest absolute Gasteiger partial charge is 0.431 e. The standard InChI is InChI=1S/C17H13ClF4N2O5S/c1-23-13(17(20,21)22)6-14(25)24(16(23)30)11-5-12(9(18)4-10(11)19)29-7-8(28-2)3-15(26)27/h3-6H,7H2,1-2H3,(H,26,27)/b8-3+. The number of carbonyl (C=O) groups is 1. The molecule has 1 aromatic heterocycles. The van der Waals surface area contributed by atoms with Crippen molar-refractivity contribution < 1.29 is 36.9 Å². The highest BCUT2D eigenvalue weighted by Crippen LogP contribution is 2.31. The summed E-state index contributed by atoms with van der Waals surface area (Å²) in [5.74, 6) is -2.65. The fourth-order valence-corrected chi connectivity index (χ4v) is 2.86. The van der Waals surface area contributed by atoms with Gasteiger partial charge < -0.3 is 19.1 Å². The van der Waals surface area contributed by atoms with Gasteiger partial charge in [-0.25, -0.2) is 9.18 Å². The number of carboxylic acid groups (broad SMARTS) is 1. The Bertz CT molecular complexity index is 1140. The maximum absolute atomic E-state index is 14.5. The predicted octanol–water partition coefficient (Wildman–Crippen LogP) is 3.71. The van der Waals surface area contributed by atoms with E-state index >= 15 is 0 Å². The Morgan fingerprint density at radius 1 is 1.33 bits per heavy atom. The second-order valence-electron chi connectivity index (χ2n) is 5.72. The third-order valence-electron chi connectivity index (χ3n) is 3.77. The number of alkyl halides is 3. The monoisotopic (exact) mass is 468 g/mol. The van der Waals surface area contributed by atoms with Crippen LogP contribution in [-0.2, 0) is 22.8 Å². The van der Waals surface area contributed by atoms with E-state index in [9.17, 15) is 27.2 Å². The van der Waals surface area contributed by atoms with Crippen LogP contribution < -0.4 is 10.3 Å². The van der Waals surface area contributed by atoms with Gasteiger partial charge in [0.15, 0.2) is 4.77 Å². The normalized spacial score (nSPS) is 12.0. The lowest BCUT2D eigenvalue weighted by molar-refractivity contribution is -0.143. The molecule has 0 aliphatic heterocycles. The SMILES string of the molecule is CO/C(=C/C(=O)O)COc1cc(-n2c(=O)cc(C(F)(F)F)n(C)c2=S)c(F)cc1Cl. The molecule has 0 aliphatic carbocycles. The third kappa shape index (κ3) is 5.00. The molecule has 1 heterocycles. The number of ether oxygens (including phenoxy) is 2. The van der Waals surface area contributed by atoms with Crippen molar-refractivity contribution in [2.75, 3.05) is 13.7 Å². The first kappa shape index (κ1) is 23.4. The largest absolute Gasteiger partial charge is 0.497 e. The Morgan fingerprint density at radius 2 is 1.97 bits per heavy atom. The molecular formula is C17H13ClF4N2O5S. The molecular weight excluding hydrogens is 456 g/mol. The lowest BCUT2D eigenvalue weighted by Crippen LogP contribution is -2.28. The average Bonchev–Trinajstić information content (AvgIpc) is 2.63. The van der Waals surface area contributed by atoms with E-state index < -0.39 is 46.3 Å². The number of halogens is 5. The summed E-state index contributed by atoms with van der Waals surface area (Å²) in [7, 11) is 2.18. The van der Waals surface area contributed by atoms with Crippen LogP contribution in [0.3, 0.4) is 0 Å². The van der Waals surface area contributed by atoms with Crippen molar-refractivity contribution in [2.24, 2.45) is 7.05 Å². The van der Waals surface area contributed by atoms with Crippen LogP contribution in [0.4, 0.5) is 17.6 Å². The summed E-state index contributed by atoms with van der Waals surface area (Å²) in [5, 5.41) is 8.50. The maximum atomic E-state index is 14.5. The zero-order valence-electron chi connectivity index (χ0n) is 15.3. The quantitative estimate of drug-likeness (QED) is 0.301. The zero-order chi connectivity index (χ0) is 22.8. The average molecular weight is 469 g/mol. The van der Waals surface area contributed by atoms with E-state index in [-0.39, 0.29) is 22.6 Å². The molecule has 2 rings (SSSR count). The lowest BCUT2D eigenvalue weighted by atomic mass is 10.2.